The van der Waals surface area contributed by atoms with Crippen LogP contribution in [0.2, 0.25) is 0 Å². The van der Waals surface area contributed by atoms with Crippen LogP contribution in [0.5, 0.6) is 0 Å². The van der Waals surface area contributed by atoms with Crippen LogP contribution in [-0.4, -0.2) is 52.7 Å². The molecule has 0 radical (unpaired) electrons. The number of hydrogen-bond donors (Lipinski definition) is 1. The van der Waals surface area contributed by atoms with Crippen LogP contribution >= 0.6 is 11.3 Å². The second-order valence-corrected chi connectivity index (χ2v) is 7.85. The molecule has 8 heteroatoms. The number of carbonyl (C=O) groups is 2. The third-order valence-corrected chi connectivity index (χ3v) is 6.27. The average Bonchev–Trinajstić information content (AvgIpc) is 3.35. The van der Waals surface area contributed by atoms with Crippen molar-refractivity contribution in [1.29, 1.82) is 0 Å². The Hall–Kier alpha value is -2.32. The SMILES string of the molecule is COCCN1C(=O)c2ccccc2[C@@H](C(=O)Nc2nncs2)C12CCCC2. The first kappa shape index (κ1) is 18.1. The first-order valence-corrected chi connectivity index (χ1v) is 10.0. The highest BCUT2D eigenvalue weighted by atomic mass is 32.1. The van der Waals surface area contributed by atoms with Gasteiger partial charge < -0.3 is 9.64 Å². The Balaban J connectivity index is 1.80. The highest BCUT2D eigenvalue weighted by molar-refractivity contribution is 7.13. The number of fused-ring (bicyclic) bond motifs is 1. The smallest absolute Gasteiger partial charge is 0.254 e. The molecule has 0 unspecified atom stereocenters. The van der Waals surface area contributed by atoms with Crippen LogP contribution in [-0.2, 0) is 9.53 Å². The summed E-state index contributed by atoms with van der Waals surface area (Å²) in [5.74, 6) is -0.574. The number of rotatable bonds is 5. The second kappa shape index (κ2) is 7.36. The average molecular weight is 386 g/mol. The summed E-state index contributed by atoms with van der Waals surface area (Å²) < 4.78 is 5.25. The van der Waals surface area contributed by atoms with Crippen molar-refractivity contribution in [1.82, 2.24) is 15.1 Å². The monoisotopic (exact) mass is 386 g/mol. The summed E-state index contributed by atoms with van der Waals surface area (Å²) >= 11 is 1.29. The van der Waals surface area contributed by atoms with Crippen molar-refractivity contribution < 1.29 is 14.3 Å². The molecule has 1 saturated carbocycles. The molecule has 1 aliphatic heterocycles. The van der Waals surface area contributed by atoms with Crippen LogP contribution in [0, 0.1) is 0 Å². The number of nitrogens with one attached hydrogen (secondary N) is 1. The van der Waals surface area contributed by atoms with Gasteiger partial charge in [0.1, 0.15) is 5.51 Å². The summed E-state index contributed by atoms with van der Waals surface area (Å²) in [5, 5.41) is 11.1. The zero-order valence-corrected chi connectivity index (χ0v) is 16.0. The highest BCUT2D eigenvalue weighted by Gasteiger charge is 2.55. The normalized spacial score (nSPS) is 20.7. The van der Waals surface area contributed by atoms with Crippen LogP contribution in [0.3, 0.4) is 0 Å². The molecular weight excluding hydrogens is 364 g/mol. The topological polar surface area (TPSA) is 84.4 Å². The summed E-state index contributed by atoms with van der Waals surface area (Å²) in [6.45, 7) is 0.923. The predicted octanol–water partition coefficient (Wildman–Crippen LogP) is 2.68. The Kier molecular flexibility index (Phi) is 4.92. The number of carbonyl (C=O) groups excluding carboxylic acids is 2. The molecule has 2 aromatic rings. The van der Waals surface area contributed by atoms with E-state index in [9.17, 15) is 9.59 Å². The molecular formula is C19H22N4O3S. The molecule has 2 heterocycles. The number of anilines is 1. The molecule has 2 aliphatic rings. The molecule has 7 nitrogen and oxygen atoms in total. The lowest BCUT2D eigenvalue weighted by molar-refractivity contribution is -0.121. The van der Waals surface area contributed by atoms with E-state index in [2.05, 4.69) is 15.5 Å². The Labute approximate surface area is 161 Å². The van der Waals surface area contributed by atoms with Crippen LogP contribution in [0.1, 0.15) is 47.5 Å². The summed E-state index contributed by atoms with van der Waals surface area (Å²) in [6, 6.07) is 7.46. The van der Waals surface area contributed by atoms with Crippen molar-refractivity contribution in [2.75, 3.05) is 25.6 Å². The van der Waals surface area contributed by atoms with Gasteiger partial charge in [0, 0.05) is 19.2 Å². The third-order valence-electron chi connectivity index (χ3n) is 5.66. The van der Waals surface area contributed by atoms with E-state index >= 15 is 0 Å². The zero-order valence-electron chi connectivity index (χ0n) is 15.2. The fourth-order valence-electron chi connectivity index (χ4n) is 4.58. The minimum atomic E-state index is -0.515. The molecule has 1 fully saturated rings. The van der Waals surface area contributed by atoms with Gasteiger partial charge in [0.2, 0.25) is 11.0 Å². The van der Waals surface area contributed by atoms with Crippen molar-refractivity contribution >= 4 is 28.3 Å². The van der Waals surface area contributed by atoms with Gasteiger partial charge in [0.05, 0.1) is 18.1 Å². The Bertz CT molecular complexity index is 833. The second-order valence-electron chi connectivity index (χ2n) is 7.01. The minimum absolute atomic E-state index is 0.00971. The minimum Gasteiger partial charge on any atom is -0.383 e. The van der Waals surface area contributed by atoms with E-state index in [-0.39, 0.29) is 11.8 Å². The van der Waals surface area contributed by atoms with Gasteiger partial charge in [0.25, 0.3) is 5.91 Å². The van der Waals surface area contributed by atoms with Crippen molar-refractivity contribution in [3.05, 3.63) is 40.9 Å². The lowest BCUT2D eigenvalue weighted by Gasteiger charge is -2.50. The molecule has 142 valence electrons. The Morgan fingerprint density at radius 3 is 2.85 bits per heavy atom. The quantitative estimate of drug-likeness (QED) is 0.854. The molecule has 0 saturated heterocycles. The van der Waals surface area contributed by atoms with E-state index in [0.29, 0.717) is 23.8 Å². The number of methoxy groups -OCH3 is 1. The van der Waals surface area contributed by atoms with E-state index in [1.54, 1.807) is 12.6 Å². The summed E-state index contributed by atoms with van der Waals surface area (Å²) in [6.07, 6.45) is 3.62. The van der Waals surface area contributed by atoms with Gasteiger partial charge in [-0.3, -0.25) is 14.9 Å². The molecule has 1 aliphatic carbocycles. The van der Waals surface area contributed by atoms with Crippen LogP contribution in [0.15, 0.2) is 29.8 Å². The van der Waals surface area contributed by atoms with Crippen molar-refractivity contribution in [2.45, 2.75) is 37.1 Å². The maximum Gasteiger partial charge on any atom is 0.254 e. The molecule has 1 aromatic carbocycles. The summed E-state index contributed by atoms with van der Waals surface area (Å²) in [7, 11) is 1.63. The standard InChI is InChI=1S/C19H22N4O3S/c1-26-11-10-23-17(25)14-7-3-2-6-13(14)15(19(23)8-4-5-9-19)16(24)21-18-22-20-12-27-18/h2-3,6-7,12,15H,4-5,8-11H2,1H3,(H,21,22,24)/t15-/m0/s1. The molecule has 4 rings (SSSR count). The van der Waals surface area contributed by atoms with Gasteiger partial charge in [-0.1, -0.05) is 42.4 Å². The van der Waals surface area contributed by atoms with Crippen molar-refractivity contribution in [3.63, 3.8) is 0 Å². The van der Waals surface area contributed by atoms with E-state index in [1.807, 2.05) is 29.2 Å². The lowest BCUT2D eigenvalue weighted by atomic mass is 9.71. The van der Waals surface area contributed by atoms with Gasteiger partial charge in [0.15, 0.2) is 0 Å². The molecule has 1 N–H and O–H groups in total. The Morgan fingerprint density at radius 1 is 1.37 bits per heavy atom. The highest BCUT2D eigenvalue weighted by Crippen LogP contribution is 2.50. The van der Waals surface area contributed by atoms with Gasteiger partial charge >= 0.3 is 0 Å². The van der Waals surface area contributed by atoms with E-state index in [0.717, 1.165) is 31.2 Å². The number of hydrogen-bond acceptors (Lipinski definition) is 6. The fourth-order valence-corrected chi connectivity index (χ4v) is 5.03. The molecule has 0 bridgehead atoms. The van der Waals surface area contributed by atoms with Crippen molar-refractivity contribution in [2.24, 2.45) is 0 Å². The summed E-state index contributed by atoms with van der Waals surface area (Å²) in [5.41, 5.74) is 2.48. The van der Waals surface area contributed by atoms with Gasteiger partial charge in [-0.25, -0.2) is 0 Å². The number of ether oxygens (including phenoxy) is 1. The van der Waals surface area contributed by atoms with Crippen LogP contribution in [0.4, 0.5) is 5.13 Å². The Morgan fingerprint density at radius 2 is 2.15 bits per heavy atom. The number of aromatic nitrogens is 2. The molecule has 1 atom stereocenters. The maximum atomic E-state index is 13.4. The van der Waals surface area contributed by atoms with Gasteiger partial charge in [-0.2, -0.15) is 0 Å². The zero-order chi connectivity index (χ0) is 18.9. The van der Waals surface area contributed by atoms with E-state index in [4.69, 9.17) is 4.74 Å². The van der Waals surface area contributed by atoms with Crippen LogP contribution < -0.4 is 5.32 Å². The molecule has 1 spiro atoms. The van der Waals surface area contributed by atoms with Crippen LogP contribution in [0.25, 0.3) is 0 Å². The number of benzene rings is 1. The summed E-state index contributed by atoms with van der Waals surface area (Å²) in [4.78, 5) is 28.5. The van der Waals surface area contributed by atoms with E-state index < -0.39 is 11.5 Å². The first-order chi connectivity index (χ1) is 13.2. The molecule has 1 aromatic heterocycles. The predicted molar refractivity (Wildman–Crippen MR) is 102 cm³/mol. The van der Waals surface area contributed by atoms with Gasteiger partial charge in [-0.15, -0.1) is 10.2 Å². The maximum absolute atomic E-state index is 13.4. The van der Waals surface area contributed by atoms with Gasteiger partial charge in [-0.05, 0) is 24.5 Å². The number of amides is 2. The first-order valence-electron chi connectivity index (χ1n) is 9.14. The van der Waals surface area contributed by atoms with Crippen molar-refractivity contribution in [3.8, 4) is 0 Å². The molecule has 2 amide bonds. The lowest BCUT2D eigenvalue weighted by Crippen LogP contribution is -2.60. The van der Waals surface area contributed by atoms with E-state index in [1.165, 1.54) is 11.3 Å². The number of nitrogens with zero attached hydrogens (tertiary/aromatic N) is 3. The molecule has 27 heavy (non-hydrogen) atoms. The largest absolute Gasteiger partial charge is 0.383 e. The third kappa shape index (κ3) is 3.02. The fraction of sp³-hybridized carbons (Fsp3) is 0.474.